The van der Waals surface area contributed by atoms with Gasteiger partial charge in [0, 0.05) is 42.1 Å². The molecular weight excluding hydrogens is 424 g/mol. The largest absolute Gasteiger partial charge is 0.507 e. The number of phenols is 1. The molecule has 1 aliphatic carbocycles. The number of nitrogens with one attached hydrogen (secondary N) is 1. The van der Waals surface area contributed by atoms with Gasteiger partial charge in [0.1, 0.15) is 21.3 Å². The average Bonchev–Trinajstić information content (AvgIpc) is 2.78. The lowest BCUT2D eigenvalue weighted by Crippen LogP contribution is -2.44. The van der Waals surface area contributed by atoms with Crippen LogP contribution in [-0.4, -0.2) is 66.3 Å². The van der Waals surface area contributed by atoms with Crippen molar-refractivity contribution in [3.8, 4) is 29.4 Å². The Bertz CT molecular complexity index is 1140. The van der Waals surface area contributed by atoms with Gasteiger partial charge in [0.15, 0.2) is 5.82 Å². The molecule has 1 atom stereocenters. The van der Waals surface area contributed by atoms with Crippen LogP contribution in [0.25, 0.3) is 11.3 Å². The molecule has 1 fully saturated rings. The van der Waals surface area contributed by atoms with E-state index in [1.54, 1.807) is 6.07 Å². The maximum absolute atomic E-state index is 11.5. The average molecular weight is 455 g/mol. The summed E-state index contributed by atoms with van der Waals surface area (Å²) in [6.07, 6.45) is 12.8. The molecular formula is C24H30N4O3S. The second kappa shape index (κ2) is 9.47. The zero-order valence-corrected chi connectivity index (χ0v) is 19.3. The monoisotopic (exact) mass is 454 g/mol. The van der Waals surface area contributed by atoms with E-state index in [1.807, 2.05) is 12.1 Å². The fourth-order valence-electron chi connectivity index (χ4n) is 4.67. The Morgan fingerprint density at radius 1 is 1.22 bits per heavy atom. The Morgan fingerprint density at radius 2 is 2.00 bits per heavy atom. The lowest BCUT2D eigenvalue weighted by Gasteiger charge is -2.34. The molecule has 32 heavy (non-hydrogen) atoms. The van der Waals surface area contributed by atoms with Gasteiger partial charge in [0.25, 0.3) is 0 Å². The SMILES string of the molecule is C#Cc1ccc(-c2nnc(N[C@@H]3CCCN(CCS(C)(=O)=O)C3)c3c2CCCC3)c(O)c1. The van der Waals surface area contributed by atoms with Gasteiger partial charge >= 0.3 is 0 Å². The molecule has 2 aromatic rings. The number of fused-ring (bicyclic) bond motifs is 1. The van der Waals surface area contributed by atoms with Crippen LogP contribution in [0.3, 0.4) is 0 Å². The highest BCUT2D eigenvalue weighted by molar-refractivity contribution is 7.90. The maximum atomic E-state index is 11.5. The summed E-state index contributed by atoms with van der Waals surface area (Å²) in [6, 6.07) is 5.42. The molecule has 0 spiro atoms. The molecule has 7 nitrogen and oxygen atoms in total. The molecule has 0 saturated carbocycles. The van der Waals surface area contributed by atoms with Crippen LogP contribution in [0.2, 0.25) is 0 Å². The molecule has 1 aromatic carbocycles. The van der Waals surface area contributed by atoms with Crippen LogP contribution in [0, 0.1) is 12.3 Å². The fraction of sp³-hybridized carbons (Fsp3) is 0.500. The van der Waals surface area contributed by atoms with Crippen molar-refractivity contribution in [3.05, 3.63) is 34.9 Å². The maximum Gasteiger partial charge on any atom is 0.152 e. The smallest absolute Gasteiger partial charge is 0.152 e. The van der Waals surface area contributed by atoms with E-state index in [1.165, 1.54) is 11.8 Å². The molecule has 2 aliphatic rings. The predicted octanol–water partition coefficient (Wildman–Crippen LogP) is 2.63. The molecule has 0 radical (unpaired) electrons. The second-order valence-electron chi connectivity index (χ2n) is 8.85. The Kier molecular flexibility index (Phi) is 6.68. The lowest BCUT2D eigenvalue weighted by molar-refractivity contribution is 0.227. The lowest BCUT2D eigenvalue weighted by atomic mass is 9.88. The molecule has 0 bridgehead atoms. The number of phenolic OH excluding ortho intramolecular Hbond substituents is 1. The number of rotatable bonds is 6. The number of anilines is 1. The molecule has 0 unspecified atom stereocenters. The van der Waals surface area contributed by atoms with Crippen molar-refractivity contribution in [1.29, 1.82) is 0 Å². The number of aromatic hydroxyl groups is 1. The summed E-state index contributed by atoms with van der Waals surface area (Å²) in [5.41, 5.74) is 4.33. The van der Waals surface area contributed by atoms with E-state index < -0.39 is 9.84 Å². The van der Waals surface area contributed by atoms with E-state index in [-0.39, 0.29) is 17.5 Å². The van der Waals surface area contributed by atoms with Crippen molar-refractivity contribution < 1.29 is 13.5 Å². The van der Waals surface area contributed by atoms with Crippen molar-refractivity contribution >= 4 is 15.7 Å². The number of nitrogens with zero attached hydrogens (tertiary/aromatic N) is 3. The van der Waals surface area contributed by atoms with Crippen LogP contribution in [0.4, 0.5) is 5.82 Å². The van der Waals surface area contributed by atoms with E-state index in [9.17, 15) is 13.5 Å². The van der Waals surface area contributed by atoms with Gasteiger partial charge in [-0.15, -0.1) is 16.6 Å². The fourth-order valence-corrected chi connectivity index (χ4v) is 5.26. The van der Waals surface area contributed by atoms with Gasteiger partial charge < -0.3 is 15.3 Å². The first-order valence-corrected chi connectivity index (χ1v) is 13.2. The summed E-state index contributed by atoms with van der Waals surface area (Å²) in [4.78, 5) is 2.21. The summed E-state index contributed by atoms with van der Waals surface area (Å²) in [5.74, 6) is 3.67. The Hall–Kier alpha value is -2.63. The van der Waals surface area contributed by atoms with Crippen LogP contribution in [0.1, 0.15) is 42.4 Å². The number of piperidine rings is 1. The molecule has 4 rings (SSSR count). The number of hydrogen-bond acceptors (Lipinski definition) is 7. The highest BCUT2D eigenvalue weighted by Crippen LogP contribution is 2.37. The van der Waals surface area contributed by atoms with Gasteiger partial charge in [-0.1, -0.05) is 5.92 Å². The Morgan fingerprint density at radius 3 is 2.72 bits per heavy atom. The van der Waals surface area contributed by atoms with Gasteiger partial charge in [-0.25, -0.2) is 8.42 Å². The number of likely N-dealkylation sites (tertiary alicyclic amines) is 1. The molecule has 0 amide bonds. The molecule has 1 saturated heterocycles. The minimum atomic E-state index is -2.97. The summed E-state index contributed by atoms with van der Waals surface area (Å²) in [7, 11) is -2.97. The first-order chi connectivity index (χ1) is 15.3. The van der Waals surface area contributed by atoms with Crippen LogP contribution in [0.15, 0.2) is 18.2 Å². The number of aromatic nitrogens is 2. The van der Waals surface area contributed by atoms with Gasteiger partial charge in [0.2, 0.25) is 0 Å². The second-order valence-corrected chi connectivity index (χ2v) is 11.1. The zero-order chi connectivity index (χ0) is 22.7. The predicted molar refractivity (Wildman–Crippen MR) is 127 cm³/mol. The Balaban J connectivity index is 1.56. The number of hydrogen-bond donors (Lipinski definition) is 2. The Labute approximate surface area is 190 Å². The third-order valence-electron chi connectivity index (χ3n) is 6.33. The van der Waals surface area contributed by atoms with Crippen molar-refractivity contribution in [3.63, 3.8) is 0 Å². The molecule has 170 valence electrons. The summed E-state index contributed by atoms with van der Waals surface area (Å²) < 4.78 is 23.1. The molecule has 2 N–H and O–H groups in total. The first kappa shape index (κ1) is 22.6. The van der Waals surface area contributed by atoms with Crippen molar-refractivity contribution in [2.45, 2.75) is 44.6 Å². The minimum absolute atomic E-state index is 0.122. The number of terminal acetylenes is 1. The van der Waals surface area contributed by atoms with E-state index in [0.717, 1.165) is 68.7 Å². The molecule has 2 heterocycles. The summed E-state index contributed by atoms with van der Waals surface area (Å²) in [6.45, 7) is 2.28. The standard InChI is InChI=1S/C24H30N4O3S/c1-3-17-10-11-21(22(29)15-17)23-19-8-4-5-9-20(19)24(27-26-23)25-18-7-6-12-28(16-18)13-14-32(2,30)31/h1,10-11,15,18,29H,4-9,12-14,16H2,2H3,(H,25,27)/t18-/m1/s1. The topological polar surface area (TPSA) is 95.4 Å². The van der Waals surface area contributed by atoms with Gasteiger partial charge in [-0.2, -0.15) is 0 Å². The number of sulfone groups is 1. The van der Waals surface area contributed by atoms with Gasteiger partial charge in [-0.05, 0) is 68.8 Å². The van der Waals surface area contributed by atoms with E-state index in [4.69, 9.17) is 6.42 Å². The number of benzene rings is 1. The zero-order valence-electron chi connectivity index (χ0n) is 18.5. The minimum Gasteiger partial charge on any atom is -0.507 e. The molecule has 1 aromatic heterocycles. The third-order valence-corrected chi connectivity index (χ3v) is 7.26. The molecule has 1 aliphatic heterocycles. The normalized spacial score (nSPS) is 19.2. The van der Waals surface area contributed by atoms with Crippen LogP contribution in [-0.2, 0) is 22.7 Å². The van der Waals surface area contributed by atoms with E-state index in [0.29, 0.717) is 17.7 Å². The summed E-state index contributed by atoms with van der Waals surface area (Å²) >= 11 is 0. The first-order valence-electron chi connectivity index (χ1n) is 11.2. The van der Waals surface area contributed by atoms with Crippen molar-refractivity contribution in [2.24, 2.45) is 0 Å². The van der Waals surface area contributed by atoms with Gasteiger partial charge in [0.05, 0.1) is 5.75 Å². The van der Waals surface area contributed by atoms with Crippen molar-refractivity contribution in [1.82, 2.24) is 15.1 Å². The quantitative estimate of drug-likeness (QED) is 0.648. The van der Waals surface area contributed by atoms with E-state index >= 15 is 0 Å². The van der Waals surface area contributed by atoms with Crippen molar-refractivity contribution in [2.75, 3.05) is 37.0 Å². The molecule has 8 heteroatoms. The highest BCUT2D eigenvalue weighted by atomic mass is 32.2. The van der Waals surface area contributed by atoms with Crippen LogP contribution < -0.4 is 5.32 Å². The third kappa shape index (κ3) is 5.22. The van der Waals surface area contributed by atoms with E-state index in [2.05, 4.69) is 26.3 Å². The van der Waals surface area contributed by atoms with Gasteiger partial charge in [-0.3, -0.25) is 0 Å². The highest BCUT2D eigenvalue weighted by Gasteiger charge is 2.26. The van der Waals surface area contributed by atoms with Crippen LogP contribution >= 0.6 is 0 Å². The summed E-state index contributed by atoms with van der Waals surface area (Å²) in [5, 5.41) is 23.2. The van der Waals surface area contributed by atoms with Crippen LogP contribution in [0.5, 0.6) is 5.75 Å².